The van der Waals surface area contributed by atoms with Crippen LogP contribution in [0.1, 0.15) is 24.0 Å². The van der Waals surface area contributed by atoms with Crippen molar-refractivity contribution >= 4 is 5.91 Å². The van der Waals surface area contributed by atoms with Crippen molar-refractivity contribution in [1.29, 1.82) is 0 Å². The van der Waals surface area contributed by atoms with Crippen LogP contribution in [0.5, 0.6) is 5.75 Å². The van der Waals surface area contributed by atoms with Crippen LogP contribution in [-0.4, -0.2) is 25.1 Å². The van der Waals surface area contributed by atoms with E-state index in [-0.39, 0.29) is 12.5 Å². The zero-order valence-electron chi connectivity index (χ0n) is 11.8. The van der Waals surface area contributed by atoms with Gasteiger partial charge in [-0.3, -0.25) is 4.79 Å². The van der Waals surface area contributed by atoms with Crippen LogP contribution in [0.15, 0.2) is 18.2 Å². The Morgan fingerprint density at radius 2 is 2.16 bits per heavy atom. The molecule has 104 valence electrons. The number of ether oxygens (including phenoxy) is 1. The molecule has 1 atom stereocenters. The summed E-state index contributed by atoms with van der Waals surface area (Å²) in [5.41, 5.74) is 7.10. The summed E-state index contributed by atoms with van der Waals surface area (Å²) in [6, 6.07) is 6.02. The van der Waals surface area contributed by atoms with Crippen LogP contribution in [0.2, 0.25) is 0 Å². The van der Waals surface area contributed by atoms with Gasteiger partial charge in [-0.25, -0.2) is 0 Å². The summed E-state index contributed by atoms with van der Waals surface area (Å²) in [6.07, 6.45) is 2.06. The molecule has 4 heteroatoms. The smallest absolute Gasteiger partial charge is 0.241 e. The Bertz CT molecular complexity index is 483. The fourth-order valence-corrected chi connectivity index (χ4v) is 2.52. The monoisotopic (exact) mass is 262 g/mol. The molecule has 4 nitrogen and oxygen atoms in total. The van der Waals surface area contributed by atoms with Gasteiger partial charge in [0.25, 0.3) is 0 Å². The highest BCUT2D eigenvalue weighted by Gasteiger charge is 2.49. The minimum Gasteiger partial charge on any atom is -0.491 e. The summed E-state index contributed by atoms with van der Waals surface area (Å²) in [5.74, 6) is 0.773. The summed E-state index contributed by atoms with van der Waals surface area (Å²) < 4.78 is 5.85. The first-order chi connectivity index (χ1) is 8.99. The van der Waals surface area contributed by atoms with Gasteiger partial charge in [0, 0.05) is 0 Å². The molecule has 1 fully saturated rings. The van der Waals surface area contributed by atoms with Crippen molar-refractivity contribution in [2.45, 2.75) is 32.2 Å². The molecule has 0 aromatic heterocycles. The maximum Gasteiger partial charge on any atom is 0.241 e. The van der Waals surface area contributed by atoms with Crippen LogP contribution in [0, 0.1) is 19.8 Å². The van der Waals surface area contributed by atoms with Crippen molar-refractivity contribution in [2.75, 3.05) is 13.7 Å². The van der Waals surface area contributed by atoms with Gasteiger partial charge in [-0.1, -0.05) is 17.7 Å². The van der Waals surface area contributed by atoms with E-state index in [1.54, 1.807) is 7.05 Å². The number of aryl methyl sites for hydroxylation is 2. The molecular formula is C15H22N2O2. The number of rotatable bonds is 6. The normalized spacial score (nSPS) is 17.8. The van der Waals surface area contributed by atoms with Gasteiger partial charge in [-0.05, 0) is 51.3 Å². The average Bonchev–Trinajstić information content (AvgIpc) is 3.17. The second-order valence-corrected chi connectivity index (χ2v) is 5.42. The molecule has 19 heavy (non-hydrogen) atoms. The maximum absolute atomic E-state index is 11.8. The van der Waals surface area contributed by atoms with E-state index in [1.165, 1.54) is 5.56 Å². The van der Waals surface area contributed by atoms with E-state index in [9.17, 15) is 4.79 Å². The molecule has 1 aliphatic rings. The van der Waals surface area contributed by atoms with E-state index < -0.39 is 5.54 Å². The van der Waals surface area contributed by atoms with Crippen molar-refractivity contribution in [1.82, 2.24) is 5.32 Å². The van der Waals surface area contributed by atoms with Crippen LogP contribution >= 0.6 is 0 Å². The van der Waals surface area contributed by atoms with Gasteiger partial charge >= 0.3 is 0 Å². The van der Waals surface area contributed by atoms with Gasteiger partial charge in [0.2, 0.25) is 5.91 Å². The number of likely N-dealkylation sites (N-methyl/N-ethyl adjacent to an activating group) is 1. The zero-order valence-corrected chi connectivity index (χ0v) is 11.8. The lowest BCUT2D eigenvalue weighted by Gasteiger charge is -2.30. The Balaban J connectivity index is 2.12. The molecule has 0 spiro atoms. The average molecular weight is 262 g/mol. The predicted molar refractivity (Wildman–Crippen MR) is 75.1 cm³/mol. The van der Waals surface area contributed by atoms with Crippen molar-refractivity contribution in [3.05, 3.63) is 29.3 Å². The molecule has 0 heterocycles. The van der Waals surface area contributed by atoms with Crippen molar-refractivity contribution in [3.8, 4) is 5.75 Å². The molecule has 0 aliphatic heterocycles. The first-order valence-corrected chi connectivity index (χ1v) is 6.68. The molecular weight excluding hydrogens is 240 g/mol. The van der Waals surface area contributed by atoms with Crippen molar-refractivity contribution in [2.24, 2.45) is 11.7 Å². The summed E-state index contributed by atoms with van der Waals surface area (Å²) in [5, 5.41) is 3.08. The Kier molecular flexibility index (Phi) is 3.80. The lowest BCUT2D eigenvalue weighted by atomic mass is 9.93. The van der Waals surface area contributed by atoms with E-state index in [0.29, 0.717) is 5.92 Å². The van der Waals surface area contributed by atoms with Crippen molar-refractivity contribution < 1.29 is 9.53 Å². The van der Waals surface area contributed by atoms with Crippen LogP contribution in [-0.2, 0) is 4.79 Å². The van der Waals surface area contributed by atoms with Gasteiger partial charge in [0.1, 0.15) is 17.9 Å². The molecule has 1 aromatic rings. The highest BCUT2D eigenvalue weighted by Crippen LogP contribution is 2.40. The first kappa shape index (κ1) is 13.9. The first-order valence-electron chi connectivity index (χ1n) is 6.68. The molecule has 0 saturated heterocycles. The lowest BCUT2D eigenvalue weighted by Crippen LogP contribution is -2.59. The number of nitrogens with one attached hydrogen (secondary N) is 1. The summed E-state index contributed by atoms with van der Waals surface area (Å²) >= 11 is 0. The third-order valence-electron chi connectivity index (χ3n) is 3.95. The highest BCUT2D eigenvalue weighted by atomic mass is 16.5. The minimum absolute atomic E-state index is 0.285. The van der Waals surface area contributed by atoms with E-state index >= 15 is 0 Å². The number of carbonyl (C=O) groups is 1. The predicted octanol–water partition coefficient (Wildman–Crippen LogP) is 1.54. The third kappa shape index (κ3) is 2.73. The maximum atomic E-state index is 11.8. The fourth-order valence-electron chi connectivity index (χ4n) is 2.52. The summed E-state index contributed by atoms with van der Waals surface area (Å²) in [6.45, 7) is 4.33. The number of benzene rings is 1. The van der Waals surface area contributed by atoms with Gasteiger partial charge in [0.05, 0.1) is 0 Å². The fraction of sp³-hybridized carbons (Fsp3) is 0.533. The van der Waals surface area contributed by atoms with Gasteiger partial charge in [-0.15, -0.1) is 0 Å². The highest BCUT2D eigenvalue weighted by molar-refractivity contribution is 5.85. The number of nitrogens with two attached hydrogens (primary N) is 1. The second-order valence-electron chi connectivity index (χ2n) is 5.42. The molecule has 1 saturated carbocycles. The summed E-state index contributed by atoms with van der Waals surface area (Å²) in [7, 11) is 1.77. The largest absolute Gasteiger partial charge is 0.491 e. The number of hydrogen-bond acceptors (Lipinski definition) is 3. The quantitative estimate of drug-likeness (QED) is 0.817. The number of hydrogen-bond donors (Lipinski definition) is 2. The van der Waals surface area contributed by atoms with E-state index in [4.69, 9.17) is 10.5 Å². The Morgan fingerprint density at radius 1 is 1.47 bits per heavy atom. The number of amides is 1. The van der Waals surface area contributed by atoms with E-state index in [0.717, 1.165) is 24.2 Å². The van der Waals surface area contributed by atoms with E-state index in [1.807, 2.05) is 26.0 Å². The summed E-state index contributed by atoms with van der Waals surface area (Å²) in [4.78, 5) is 11.8. The molecule has 1 unspecified atom stereocenters. The number of primary amides is 1. The molecule has 1 aromatic carbocycles. The lowest BCUT2D eigenvalue weighted by molar-refractivity contribution is -0.126. The van der Waals surface area contributed by atoms with Crippen LogP contribution in [0.3, 0.4) is 0 Å². The molecule has 3 N–H and O–H groups in total. The van der Waals surface area contributed by atoms with Crippen molar-refractivity contribution in [3.63, 3.8) is 0 Å². The van der Waals surface area contributed by atoms with Gasteiger partial charge in [0.15, 0.2) is 0 Å². The molecule has 0 bridgehead atoms. The van der Waals surface area contributed by atoms with Crippen LogP contribution < -0.4 is 15.8 Å². The van der Waals surface area contributed by atoms with E-state index in [2.05, 4.69) is 11.4 Å². The molecule has 0 radical (unpaired) electrons. The molecule has 1 aliphatic carbocycles. The second kappa shape index (κ2) is 5.21. The zero-order chi connectivity index (χ0) is 14.0. The van der Waals surface area contributed by atoms with Crippen LogP contribution in [0.4, 0.5) is 0 Å². The third-order valence-corrected chi connectivity index (χ3v) is 3.95. The molecule has 1 amide bonds. The number of carbonyl (C=O) groups excluding carboxylic acids is 1. The van der Waals surface area contributed by atoms with Gasteiger partial charge in [-0.2, -0.15) is 0 Å². The Labute approximate surface area is 114 Å². The minimum atomic E-state index is -0.739. The Hall–Kier alpha value is -1.55. The molecule has 2 rings (SSSR count). The van der Waals surface area contributed by atoms with Gasteiger partial charge < -0.3 is 15.8 Å². The SMILES string of the molecule is CNC(COc1ccc(C)cc1C)(C(N)=O)C1CC1. The Morgan fingerprint density at radius 3 is 2.63 bits per heavy atom. The topological polar surface area (TPSA) is 64.3 Å². The standard InChI is InChI=1S/C15H22N2O2/c1-10-4-7-13(11(2)8-10)19-9-15(17-3,14(16)18)12-5-6-12/h4,7-8,12,17H,5-6,9H2,1-3H3,(H2,16,18). The van der Waals surface area contributed by atoms with Crippen LogP contribution in [0.25, 0.3) is 0 Å².